The second-order valence-electron chi connectivity index (χ2n) is 6.63. The van der Waals surface area contributed by atoms with Crippen LogP contribution >= 0.6 is 0 Å². The van der Waals surface area contributed by atoms with E-state index >= 15 is 0 Å². The van der Waals surface area contributed by atoms with E-state index < -0.39 is 0 Å². The molecule has 0 radical (unpaired) electrons. The molecule has 0 saturated heterocycles. The van der Waals surface area contributed by atoms with Crippen LogP contribution in [0.5, 0.6) is 5.75 Å². The van der Waals surface area contributed by atoms with Crippen LogP contribution in [0.1, 0.15) is 37.5 Å². The maximum atomic E-state index is 12.0. The Morgan fingerprint density at radius 1 is 1.07 bits per heavy atom. The van der Waals surface area contributed by atoms with Gasteiger partial charge in [0, 0.05) is 19.2 Å². The molecule has 2 rings (SSSR count). The number of nitrogens with one attached hydrogen (secondary N) is 2. The molecule has 0 heterocycles. The van der Waals surface area contributed by atoms with Crippen LogP contribution in [0, 0.1) is 0 Å². The third kappa shape index (κ3) is 7.71. The quantitative estimate of drug-likeness (QED) is 0.619. The van der Waals surface area contributed by atoms with Crippen LogP contribution in [0.15, 0.2) is 54.6 Å². The van der Waals surface area contributed by atoms with Gasteiger partial charge >= 0.3 is 6.03 Å². The minimum Gasteiger partial charge on any atom is -0.497 e. The van der Waals surface area contributed by atoms with Crippen molar-refractivity contribution in [2.75, 3.05) is 20.3 Å². The van der Waals surface area contributed by atoms with Gasteiger partial charge in [-0.2, -0.15) is 0 Å². The number of ether oxygens (including phenoxy) is 2. The topological polar surface area (TPSA) is 59.6 Å². The number of rotatable bonds is 10. The Bertz CT molecular complexity index is 691. The summed E-state index contributed by atoms with van der Waals surface area (Å²) < 4.78 is 11.0. The lowest BCUT2D eigenvalue weighted by molar-refractivity contribution is 0.0644. The molecule has 27 heavy (non-hydrogen) atoms. The minimum absolute atomic E-state index is 0.0338. The largest absolute Gasteiger partial charge is 0.497 e. The predicted molar refractivity (Wildman–Crippen MR) is 108 cm³/mol. The smallest absolute Gasteiger partial charge is 0.315 e. The molecule has 2 aromatic rings. The average molecular weight is 370 g/mol. The number of carbonyl (C=O) groups is 1. The van der Waals surface area contributed by atoms with E-state index in [-0.39, 0.29) is 18.2 Å². The molecule has 2 atom stereocenters. The maximum Gasteiger partial charge on any atom is 0.315 e. The summed E-state index contributed by atoms with van der Waals surface area (Å²) in [4.78, 5) is 12.0. The van der Waals surface area contributed by atoms with Crippen LogP contribution < -0.4 is 15.4 Å². The molecule has 0 saturated carbocycles. The van der Waals surface area contributed by atoms with Gasteiger partial charge in [-0.1, -0.05) is 42.5 Å². The van der Waals surface area contributed by atoms with Crippen molar-refractivity contribution >= 4 is 6.03 Å². The van der Waals surface area contributed by atoms with Gasteiger partial charge in [-0.15, -0.1) is 0 Å². The standard InChI is InChI=1S/C22H30N2O3/c1-17(15-19-9-7-12-21(16-19)26-3)24-22(25)23-13-8-14-27-18(2)20-10-5-4-6-11-20/h4-7,9-12,16-18H,8,13-15H2,1-3H3,(H2,23,24,25). The van der Waals surface area contributed by atoms with E-state index in [0.29, 0.717) is 13.2 Å². The summed E-state index contributed by atoms with van der Waals surface area (Å²) in [5.41, 5.74) is 2.29. The van der Waals surface area contributed by atoms with Crippen molar-refractivity contribution in [3.63, 3.8) is 0 Å². The zero-order valence-corrected chi connectivity index (χ0v) is 16.4. The molecule has 5 heteroatoms. The van der Waals surface area contributed by atoms with Gasteiger partial charge < -0.3 is 20.1 Å². The average Bonchev–Trinajstić information content (AvgIpc) is 2.68. The lowest BCUT2D eigenvalue weighted by Crippen LogP contribution is -2.42. The summed E-state index contributed by atoms with van der Waals surface area (Å²) in [6.45, 7) is 5.22. The van der Waals surface area contributed by atoms with Crippen LogP contribution in [-0.4, -0.2) is 32.3 Å². The number of methoxy groups -OCH3 is 1. The number of carbonyl (C=O) groups excluding carboxylic acids is 1. The molecule has 146 valence electrons. The van der Waals surface area contributed by atoms with Crippen molar-refractivity contribution in [1.29, 1.82) is 0 Å². The molecule has 2 N–H and O–H groups in total. The Kier molecular flexibility index (Phi) is 8.65. The maximum absolute atomic E-state index is 12.0. The highest BCUT2D eigenvalue weighted by molar-refractivity contribution is 5.74. The zero-order valence-electron chi connectivity index (χ0n) is 16.4. The monoisotopic (exact) mass is 370 g/mol. The first-order chi connectivity index (χ1) is 13.1. The Morgan fingerprint density at radius 2 is 1.85 bits per heavy atom. The molecule has 0 aliphatic carbocycles. The molecule has 2 amide bonds. The van der Waals surface area contributed by atoms with Crippen molar-refractivity contribution in [3.05, 3.63) is 65.7 Å². The summed E-state index contributed by atoms with van der Waals surface area (Å²) in [6, 6.07) is 17.9. The number of hydrogen-bond acceptors (Lipinski definition) is 3. The molecule has 0 spiro atoms. The second-order valence-corrected chi connectivity index (χ2v) is 6.63. The normalized spacial score (nSPS) is 12.9. The molecule has 0 aliphatic rings. The predicted octanol–water partition coefficient (Wildman–Crippen LogP) is 4.09. The van der Waals surface area contributed by atoms with Gasteiger partial charge in [-0.3, -0.25) is 0 Å². The number of hydrogen-bond donors (Lipinski definition) is 2. The van der Waals surface area contributed by atoms with E-state index in [0.717, 1.165) is 29.7 Å². The van der Waals surface area contributed by atoms with E-state index in [1.807, 2.05) is 56.3 Å². The van der Waals surface area contributed by atoms with Crippen molar-refractivity contribution < 1.29 is 14.3 Å². The highest BCUT2D eigenvalue weighted by Crippen LogP contribution is 2.16. The Labute approximate surface area is 162 Å². The van der Waals surface area contributed by atoms with Crippen LogP contribution in [0.2, 0.25) is 0 Å². The van der Waals surface area contributed by atoms with Crippen molar-refractivity contribution in [2.45, 2.75) is 38.8 Å². The molecule has 0 fully saturated rings. The van der Waals surface area contributed by atoms with Crippen LogP contribution in [0.4, 0.5) is 4.79 Å². The van der Waals surface area contributed by atoms with Gasteiger partial charge in [-0.25, -0.2) is 4.79 Å². The van der Waals surface area contributed by atoms with E-state index in [4.69, 9.17) is 9.47 Å². The fraction of sp³-hybridized carbons (Fsp3) is 0.409. The summed E-state index contributed by atoms with van der Waals surface area (Å²) in [7, 11) is 1.65. The summed E-state index contributed by atoms with van der Waals surface area (Å²) >= 11 is 0. The molecule has 0 aromatic heterocycles. The number of benzene rings is 2. The highest BCUT2D eigenvalue weighted by Gasteiger charge is 2.09. The lowest BCUT2D eigenvalue weighted by Gasteiger charge is -2.16. The minimum atomic E-state index is -0.151. The summed E-state index contributed by atoms with van der Waals surface area (Å²) in [5, 5.41) is 5.84. The van der Waals surface area contributed by atoms with Crippen LogP contribution in [-0.2, 0) is 11.2 Å². The first-order valence-corrected chi connectivity index (χ1v) is 9.42. The van der Waals surface area contributed by atoms with E-state index in [1.165, 1.54) is 0 Å². The molecule has 2 unspecified atom stereocenters. The Morgan fingerprint density at radius 3 is 2.59 bits per heavy atom. The van der Waals surface area contributed by atoms with E-state index in [1.54, 1.807) is 7.11 Å². The SMILES string of the molecule is COc1cccc(CC(C)NC(=O)NCCCOC(C)c2ccccc2)c1. The van der Waals surface area contributed by atoms with Crippen LogP contribution in [0.25, 0.3) is 0 Å². The van der Waals surface area contributed by atoms with Gasteiger partial charge in [-0.05, 0) is 49.9 Å². The number of urea groups is 1. The summed E-state index contributed by atoms with van der Waals surface area (Å²) in [5.74, 6) is 0.828. The third-order valence-electron chi connectivity index (χ3n) is 4.30. The van der Waals surface area contributed by atoms with Crippen LogP contribution in [0.3, 0.4) is 0 Å². The second kappa shape index (κ2) is 11.2. The number of amides is 2. The van der Waals surface area contributed by atoms with Gasteiger partial charge in [0.25, 0.3) is 0 Å². The van der Waals surface area contributed by atoms with Gasteiger partial charge in [0.05, 0.1) is 13.2 Å². The fourth-order valence-electron chi connectivity index (χ4n) is 2.83. The first-order valence-electron chi connectivity index (χ1n) is 9.42. The van der Waals surface area contributed by atoms with E-state index in [9.17, 15) is 4.79 Å². The molecular formula is C22H30N2O3. The van der Waals surface area contributed by atoms with Crippen molar-refractivity contribution in [3.8, 4) is 5.75 Å². The third-order valence-corrected chi connectivity index (χ3v) is 4.30. The molecule has 2 aromatic carbocycles. The zero-order chi connectivity index (χ0) is 19.5. The first kappa shape index (κ1) is 20.8. The molecule has 0 bridgehead atoms. The Balaban J connectivity index is 1.60. The lowest BCUT2D eigenvalue weighted by atomic mass is 10.1. The molecule has 0 aliphatic heterocycles. The van der Waals surface area contributed by atoms with Crippen molar-refractivity contribution in [2.24, 2.45) is 0 Å². The van der Waals surface area contributed by atoms with Crippen molar-refractivity contribution in [1.82, 2.24) is 10.6 Å². The van der Waals surface area contributed by atoms with Gasteiger partial charge in [0.15, 0.2) is 0 Å². The fourth-order valence-corrected chi connectivity index (χ4v) is 2.83. The van der Waals surface area contributed by atoms with Gasteiger partial charge in [0.1, 0.15) is 5.75 Å². The Hall–Kier alpha value is -2.53. The summed E-state index contributed by atoms with van der Waals surface area (Å²) in [6.07, 6.45) is 1.58. The molecular weight excluding hydrogens is 340 g/mol. The van der Waals surface area contributed by atoms with Gasteiger partial charge in [0.2, 0.25) is 0 Å². The highest BCUT2D eigenvalue weighted by atomic mass is 16.5. The molecule has 5 nitrogen and oxygen atoms in total. The van der Waals surface area contributed by atoms with E-state index in [2.05, 4.69) is 22.8 Å².